The van der Waals surface area contributed by atoms with Crippen LogP contribution in [0.5, 0.6) is 5.75 Å². The third-order valence-electron chi connectivity index (χ3n) is 2.83. The minimum absolute atomic E-state index is 0.216. The summed E-state index contributed by atoms with van der Waals surface area (Å²) >= 11 is 3.31. The first kappa shape index (κ1) is 15.3. The van der Waals surface area contributed by atoms with Crippen LogP contribution >= 0.6 is 12.9 Å². The Balaban J connectivity index is 2.86. The Hall–Kier alpha value is 0.266. The van der Waals surface area contributed by atoms with Crippen LogP contribution in [0.1, 0.15) is 46.1 Å². The summed E-state index contributed by atoms with van der Waals surface area (Å²) in [7, 11) is 0. The molecular formula is C14H21BrMgO. The van der Waals surface area contributed by atoms with Crippen LogP contribution in [0.4, 0.5) is 0 Å². The number of halogens is 1. The summed E-state index contributed by atoms with van der Waals surface area (Å²) in [5.41, 5.74) is 1.61. The number of hydrogen-bond acceptors (Lipinski definition) is 1. The minimum Gasteiger partial charge on any atom is -0.496 e. The van der Waals surface area contributed by atoms with Crippen LogP contribution in [0.2, 0.25) is 0 Å². The molecule has 17 heavy (non-hydrogen) atoms. The van der Waals surface area contributed by atoms with Crippen molar-refractivity contribution in [1.82, 2.24) is 0 Å². The molecule has 0 radical (unpaired) electrons. The molecule has 0 aromatic heterocycles. The number of ether oxygens (including phenoxy) is 1. The standard InChI is InChI=1S/C14H21O.BrH.Mg/c1-5-6-11-15-13-9-7-12(8-10-13)14(2,3)4;;/h7-9H,5-6,11H2,1-4H3;1H;/q;;+1/p-1. The van der Waals surface area contributed by atoms with Crippen molar-refractivity contribution < 1.29 is 4.74 Å². The molecule has 0 saturated carbocycles. The van der Waals surface area contributed by atoms with E-state index in [1.165, 1.54) is 15.7 Å². The highest BCUT2D eigenvalue weighted by atomic mass is 79.9. The van der Waals surface area contributed by atoms with Crippen LogP contribution in [-0.4, -0.2) is 24.8 Å². The van der Waals surface area contributed by atoms with E-state index in [9.17, 15) is 0 Å². The SMILES string of the molecule is CCCCOc1ccc(C(C)(C)C)c[c]1[Mg][Br]. The molecule has 1 rings (SSSR count). The van der Waals surface area contributed by atoms with Crippen LogP contribution < -0.4 is 8.43 Å². The molecule has 1 aromatic carbocycles. The van der Waals surface area contributed by atoms with Gasteiger partial charge in [0.25, 0.3) is 0 Å². The first-order valence-electron chi connectivity index (χ1n) is 6.31. The molecule has 1 nitrogen and oxygen atoms in total. The largest absolute Gasteiger partial charge is 0.512 e. The molecular weight excluding hydrogens is 288 g/mol. The van der Waals surface area contributed by atoms with Crippen molar-refractivity contribution in [3.05, 3.63) is 23.8 Å². The fourth-order valence-corrected chi connectivity index (χ4v) is 3.58. The maximum Gasteiger partial charge on any atom is 0.512 e. The zero-order chi connectivity index (χ0) is 12.9. The van der Waals surface area contributed by atoms with Gasteiger partial charge in [-0.15, -0.1) is 3.69 Å². The molecule has 0 atom stereocenters. The van der Waals surface area contributed by atoms with Gasteiger partial charge in [-0.05, 0) is 23.5 Å². The second-order valence-corrected chi connectivity index (χ2v) is 8.12. The van der Waals surface area contributed by atoms with Crippen molar-refractivity contribution in [2.75, 3.05) is 6.61 Å². The third-order valence-corrected chi connectivity index (χ3v) is 5.48. The lowest BCUT2D eigenvalue weighted by Gasteiger charge is -2.21. The van der Waals surface area contributed by atoms with Crippen molar-refractivity contribution in [3.63, 3.8) is 0 Å². The van der Waals surface area contributed by atoms with E-state index in [4.69, 9.17) is 4.74 Å². The Bertz CT molecular complexity index is 358. The predicted octanol–water partition coefficient (Wildman–Crippen LogP) is 3.80. The maximum absolute atomic E-state index is 5.84. The molecule has 0 saturated heterocycles. The molecule has 0 spiro atoms. The highest BCUT2D eigenvalue weighted by Crippen LogP contribution is 2.23. The predicted molar refractivity (Wildman–Crippen MR) is 79.9 cm³/mol. The normalized spacial score (nSPS) is 11.1. The van der Waals surface area contributed by atoms with Crippen molar-refractivity contribution in [2.45, 2.75) is 46.0 Å². The van der Waals surface area contributed by atoms with Crippen molar-refractivity contribution in [3.8, 4) is 5.75 Å². The fraction of sp³-hybridized carbons (Fsp3) is 0.571. The molecule has 0 N–H and O–H groups in total. The van der Waals surface area contributed by atoms with Gasteiger partial charge >= 0.3 is 18.2 Å². The van der Waals surface area contributed by atoms with Gasteiger partial charge in [-0.3, -0.25) is 12.9 Å². The van der Waals surface area contributed by atoms with Gasteiger partial charge in [0.1, 0.15) is 0 Å². The Morgan fingerprint density at radius 1 is 1.29 bits per heavy atom. The van der Waals surface area contributed by atoms with Gasteiger partial charge in [-0.2, -0.15) is 0 Å². The lowest BCUT2D eigenvalue weighted by Crippen LogP contribution is -2.19. The van der Waals surface area contributed by atoms with E-state index in [-0.39, 0.29) is 23.6 Å². The van der Waals surface area contributed by atoms with E-state index >= 15 is 0 Å². The molecule has 0 aliphatic heterocycles. The first-order chi connectivity index (χ1) is 7.99. The van der Waals surface area contributed by atoms with Crippen LogP contribution in [0.15, 0.2) is 18.2 Å². The average Bonchev–Trinajstić information content (AvgIpc) is 2.28. The summed E-state index contributed by atoms with van der Waals surface area (Å²) in [6, 6.07) is 6.64. The van der Waals surface area contributed by atoms with Crippen LogP contribution in [0, 0.1) is 0 Å². The molecule has 0 fully saturated rings. The lowest BCUT2D eigenvalue weighted by atomic mass is 9.87. The summed E-state index contributed by atoms with van der Waals surface area (Å²) in [6.07, 6.45) is 2.31. The highest BCUT2D eigenvalue weighted by molar-refractivity contribution is 9.23. The Kier molecular flexibility index (Phi) is 6.31. The molecule has 92 valence electrons. The first-order valence-corrected chi connectivity index (χ1v) is 10.9. The summed E-state index contributed by atoms with van der Waals surface area (Å²) in [4.78, 5) is 0. The zero-order valence-corrected chi connectivity index (χ0v) is 14.3. The van der Waals surface area contributed by atoms with E-state index in [2.05, 4.69) is 58.8 Å². The Labute approximate surface area is 121 Å². The van der Waals surface area contributed by atoms with Crippen LogP contribution in [0.25, 0.3) is 0 Å². The Morgan fingerprint density at radius 3 is 2.53 bits per heavy atom. The molecule has 0 heterocycles. The topological polar surface area (TPSA) is 9.23 Å². The number of benzene rings is 1. The van der Waals surface area contributed by atoms with Crippen molar-refractivity contribution in [1.29, 1.82) is 0 Å². The van der Waals surface area contributed by atoms with Gasteiger partial charge in [-0.25, -0.2) is 0 Å². The number of hydrogen-bond donors (Lipinski definition) is 0. The van der Waals surface area contributed by atoms with Crippen LogP contribution in [-0.2, 0) is 5.41 Å². The van der Waals surface area contributed by atoms with E-state index in [1.807, 2.05) is 0 Å². The van der Waals surface area contributed by atoms with Gasteiger partial charge in [-0.1, -0.05) is 46.2 Å². The molecule has 0 amide bonds. The molecule has 3 heteroatoms. The van der Waals surface area contributed by atoms with Gasteiger partial charge in [0.05, 0.1) is 12.4 Å². The molecule has 1 aromatic rings. The van der Waals surface area contributed by atoms with Gasteiger partial charge in [0, 0.05) is 0 Å². The fourth-order valence-electron chi connectivity index (χ4n) is 1.62. The monoisotopic (exact) mass is 308 g/mol. The van der Waals surface area contributed by atoms with Crippen LogP contribution in [0.3, 0.4) is 0 Å². The summed E-state index contributed by atoms with van der Waals surface area (Å²) in [5, 5.41) is 0. The quantitative estimate of drug-likeness (QED) is 0.594. The second-order valence-electron chi connectivity index (χ2n) is 5.41. The maximum atomic E-state index is 5.84. The van der Waals surface area contributed by atoms with Gasteiger partial charge in [0.2, 0.25) is 0 Å². The van der Waals surface area contributed by atoms with Crippen molar-refractivity contribution in [2.24, 2.45) is 0 Å². The molecule has 0 bridgehead atoms. The number of unbranched alkanes of at least 4 members (excludes halogenated alkanes) is 1. The lowest BCUT2D eigenvalue weighted by molar-refractivity contribution is 0.311. The third kappa shape index (κ3) is 4.80. The summed E-state index contributed by atoms with van der Waals surface area (Å²) < 4.78 is 7.22. The van der Waals surface area contributed by atoms with Crippen molar-refractivity contribution >= 4 is 34.8 Å². The number of rotatable bonds is 5. The highest BCUT2D eigenvalue weighted by Gasteiger charge is 2.15. The van der Waals surface area contributed by atoms with E-state index in [0.29, 0.717) is 0 Å². The zero-order valence-electron chi connectivity index (χ0n) is 11.3. The smallest absolute Gasteiger partial charge is 0.496 e. The molecule has 0 aliphatic rings. The van der Waals surface area contributed by atoms with Gasteiger partial charge in [0.15, 0.2) is 0 Å². The second kappa shape index (κ2) is 7.00. The summed E-state index contributed by atoms with van der Waals surface area (Å²) in [5.74, 6) is 1.08. The average molecular weight is 310 g/mol. The Morgan fingerprint density at radius 2 is 2.00 bits per heavy atom. The van der Waals surface area contributed by atoms with E-state index in [1.54, 1.807) is 0 Å². The van der Waals surface area contributed by atoms with E-state index in [0.717, 1.165) is 18.8 Å². The van der Waals surface area contributed by atoms with Gasteiger partial charge < -0.3 is 4.74 Å². The van der Waals surface area contributed by atoms with E-state index < -0.39 is 0 Å². The molecule has 0 unspecified atom stereocenters. The minimum atomic E-state index is -0.364. The molecule has 0 aliphatic carbocycles. The summed E-state index contributed by atoms with van der Waals surface area (Å²) in [6.45, 7) is 9.77.